The summed E-state index contributed by atoms with van der Waals surface area (Å²) in [5.41, 5.74) is 8.96. The molecular weight excluding hydrogens is 332 g/mol. The molecule has 0 bridgehead atoms. The van der Waals surface area contributed by atoms with E-state index in [0.717, 1.165) is 31.7 Å². The van der Waals surface area contributed by atoms with Gasteiger partial charge < -0.3 is 10.5 Å². The number of likely N-dealkylation sites (tertiary alicyclic amines) is 1. The molecule has 3 rings (SSSR count). The molecule has 1 aliphatic rings. The summed E-state index contributed by atoms with van der Waals surface area (Å²) in [4.78, 5) is 13.5. The molecule has 0 saturated carbocycles. The van der Waals surface area contributed by atoms with Gasteiger partial charge in [0.05, 0.1) is 5.37 Å². The van der Waals surface area contributed by atoms with E-state index in [9.17, 15) is 4.79 Å². The number of aryl methyl sites for hydroxylation is 1. The number of benzene rings is 2. The highest BCUT2D eigenvalue weighted by Gasteiger charge is 2.26. The first kappa shape index (κ1) is 17.8. The van der Waals surface area contributed by atoms with Gasteiger partial charge in [0.25, 0.3) is 5.24 Å². The molecule has 1 atom stereocenters. The van der Waals surface area contributed by atoms with Gasteiger partial charge in [0.15, 0.2) is 0 Å². The van der Waals surface area contributed by atoms with Gasteiger partial charge in [-0.15, -0.1) is 0 Å². The smallest absolute Gasteiger partial charge is 0.278 e. The highest BCUT2D eigenvalue weighted by Crippen LogP contribution is 2.29. The SMILES string of the molecule is Cc1cccc(COc2ccc(CN3CCCC3SC(N)=O)cc2)c1. The number of carbonyl (C=O) groups excluding carboxylic acids is 1. The minimum absolute atomic E-state index is 0.203. The molecule has 4 nitrogen and oxygen atoms in total. The molecule has 132 valence electrons. The molecule has 0 aromatic heterocycles. The predicted molar refractivity (Wildman–Crippen MR) is 103 cm³/mol. The van der Waals surface area contributed by atoms with Crippen molar-refractivity contribution in [2.75, 3.05) is 6.54 Å². The topological polar surface area (TPSA) is 55.6 Å². The Morgan fingerprint density at radius 2 is 2.04 bits per heavy atom. The van der Waals surface area contributed by atoms with Gasteiger partial charge in [0, 0.05) is 6.54 Å². The monoisotopic (exact) mass is 356 g/mol. The first-order valence-electron chi connectivity index (χ1n) is 8.57. The molecule has 1 aliphatic heterocycles. The Kier molecular flexibility index (Phi) is 6.00. The summed E-state index contributed by atoms with van der Waals surface area (Å²) in [6, 6.07) is 16.6. The van der Waals surface area contributed by atoms with E-state index in [1.165, 1.54) is 28.5 Å². The van der Waals surface area contributed by atoms with Gasteiger partial charge in [-0.3, -0.25) is 9.69 Å². The van der Waals surface area contributed by atoms with E-state index in [2.05, 4.69) is 42.2 Å². The molecule has 0 radical (unpaired) electrons. The number of hydrogen-bond acceptors (Lipinski definition) is 4. The molecule has 1 unspecified atom stereocenters. The zero-order valence-electron chi connectivity index (χ0n) is 14.5. The van der Waals surface area contributed by atoms with Crippen LogP contribution in [0.4, 0.5) is 4.79 Å². The number of primary amides is 1. The Morgan fingerprint density at radius 1 is 1.24 bits per heavy atom. The fourth-order valence-corrected chi connectivity index (χ4v) is 4.02. The van der Waals surface area contributed by atoms with Crippen molar-refractivity contribution in [3.8, 4) is 5.75 Å². The van der Waals surface area contributed by atoms with Crippen LogP contribution < -0.4 is 10.5 Å². The van der Waals surface area contributed by atoms with Gasteiger partial charge >= 0.3 is 0 Å². The minimum Gasteiger partial charge on any atom is -0.489 e. The molecule has 1 amide bonds. The summed E-state index contributed by atoms with van der Waals surface area (Å²) in [6.07, 6.45) is 2.13. The van der Waals surface area contributed by atoms with Crippen molar-refractivity contribution in [2.45, 2.75) is 38.3 Å². The van der Waals surface area contributed by atoms with Gasteiger partial charge in [-0.05, 0) is 61.3 Å². The Morgan fingerprint density at radius 3 is 2.76 bits per heavy atom. The normalized spacial score (nSPS) is 17.6. The minimum atomic E-state index is -0.295. The van der Waals surface area contributed by atoms with Crippen LogP contribution in [0.1, 0.15) is 29.5 Å². The molecule has 25 heavy (non-hydrogen) atoms. The zero-order valence-corrected chi connectivity index (χ0v) is 15.3. The first-order chi connectivity index (χ1) is 12.1. The third-order valence-corrected chi connectivity index (χ3v) is 5.39. The van der Waals surface area contributed by atoms with Crippen LogP contribution in [0.15, 0.2) is 48.5 Å². The van der Waals surface area contributed by atoms with E-state index >= 15 is 0 Å². The Labute approximate surface area is 153 Å². The van der Waals surface area contributed by atoms with Crippen LogP contribution in [0.5, 0.6) is 5.75 Å². The largest absolute Gasteiger partial charge is 0.489 e. The van der Waals surface area contributed by atoms with E-state index in [4.69, 9.17) is 10.5 Å². The lowest BCUT2D eigenvalue weighted by Gasteiger charge is -2.22. The zero-order chi connectivity index (χ0) is 17.6. The van der Waals surface area contributed by atoms with Gasteiger partial charge in [-0.2, -0.15) is 0 Å². The van der Waals surface area contributed by atoms with E-state index < -0.39 is 0 Å². The van der Waals surface area contributed by atoms with Gasteiger partial charge in [-0.25, -0.2) is 0 Å². The molecule has 0 spiro atoms. The van der Waals surface area contributed by atoms with E-state index in [1.807, 2.05) is 18.2 Å². The molecule has 1 saturated heterocycles. The van der Waals surface area contributed by atoms with Crippen molar-refractivity contribution in [3.05, 3.63) is 65.2 Å². The summed E-state index contributed by atoms with van der Waals surface area (Å²) in [6.45, 7) is 4.50. The molecule has 2 N–H and O–H groups in total. The fourth-order valence-electron chi connectivity index (χ4n) is 3.14. The number of hydrogen-bond donors (Lipinski definition) is 1. The van der Waals surface area contributed by atoms with Crippen molar-refractivity contribution in [2.24, 2.45) is 5.73 Å². The van der Waals surface area contributed by atoms with Crippen molar-refractivity contribution in [1.82, 2.24) is 4.90 Å². The van der Waals surface area contributed by atoms with Crippen LogP contribution in [0, 0.1) is 6.92 Å². The van der Waals surface area contributed by atoms with Crippen LogP contribution in [-0.4, -0.2) is 22.1 Å². The number of nitrogens with two attached hydrogens (primary N) is 1. The second kappa shape index (κ2) is 8.41. The summed E-state index contributed by atoms with van der Waals surface area (Å²) < 4.78 is 5.87. The van der Waals surface area contributed by atoms with Crippen molar-refractivity contribution in [1.29, 1.82) is 0 Å². The summed E-state index contributed by atoms with van der Waals surface area (Å²) >= 11 is 1.24. The van der Waals surface area contributed by atoms with Crippen molar-refractivity contribution < 1.29 is 9.53 Å². The maximum Gasteiger partial charge on any atom is 0.278 e. The highest BCUT2D eigenvalue weighted by atomic mass is 32.2. The number of thioether (sulfide) groups is 1. The number of ether oxygens (including phenoxy) is 1. The van der Waals surface area contributed by atoms with Crippen LogP contribution in [0.3, 0.4) is 0 Å². The third kappa shape index (κ3) is 5.25. The fraction of sp³-hybridized carbons (Fsp3) is 0.350. The standard InChI is InChI=1S/C20H24N2O2S/c1-15-4-2-5-17(12-15)14-24-18-9-7-16(8-10-18)13-22-11-3-6-19(22)25-20(21)23/h2,4-5,7-10,12,19H,3,6,11,13-14H2,1H3,(H2,21,23). The first-order valence-corrected chi connectivity index (χ1v) is 9.45. The maximum absolute atomic E-state index is 11.1. The Balaban J connectivity index is 1.54. The van der Waals surface area contributed by atoms with Crippen LogP contribution in [0.25, 0.3) is 0 Å². The molecule has 0 aliphatic carbocycles. The lowest BCUT2D eigenvalue weighted by atomic mass is 10.1. The lowest BCUT2D eigenvalue weighted by Crippen LogP contribution is -2.28. The molecule has 1 heterocycles. The number of carbonyl (C=O) groups is 1. The average molecular weight is 356 g/mol. The predicted octanol–water partition coefficient (Wildman–Crippen LogP) is 4.31. The molecular formula is C20H24N2O2S. The van der Waals surface area contributed by atoms with E-state index in [1.54, 1.807) is 0 Å². The van der Waals surface area contributed by atoms with Crippen molar-refractivity contribution in [3.63, 3.8) is 0 Å². The Hall–Kier alpha value is -1.98. The van der Waals surface area contributed by atoms with Gasteiger partial charge in [0.2, 0.25) is 0 Å². The second-order valence-electron chi connectivity index (χ2n) is 6.43. The van der Waals surface area contributed by atoms with E-state index in [0.29, 0.717) is 6.61 Å². The number of nitrogens with zero attached hydrogens (tertiary/aromatic N) is 1. The third-order valence-electron chi connectivity index (χ3n) is 4.35. The van der Waals surface area contributed by atoms with Crippen LogP contribution in [-0.2, 0) is 13.2 Å². The summed E-state index contributed by atoms with van der Waals surface area (Å²) in [5, 5.41) is -0.0912. The van der Waals surface area contributed by atoms with E-state index in [-0.39, 0.29) is 10.6 Å². The summed E-state index contributed by atoms with van der Waals surface area (Å²) in [7, 11) is 0. The second-order valence-corrected chi connectivity index (χ2v) is 7.61. The number of rotatable bonds is 6. The van der Waals surface area contributed by atoms with Gasteiger partial charge in [-0.1, -0.05) is 42.0 Å². The Bertz CT molecular complexity index is 718. The highest BCUT2D eigenvalue weighted by molar-refractivity contribution is 8.14. The quantitative estimate of drug-likeness (QED) is 0.838. The molecule has 2 aromatic rings. The maximum atomic E-state index is 11.1. The molecule has 2 aromatic carbocycles. The van der Waals surface area contributed by atoms with Crippen LogP contribution >= 0.6 is 11.8 Å². The van der Waals surface area contributed by atoms with Crippen molar-refractivity contribution >= 4 is 17.0 Å². The molecule has 1 fully saturated rings. The van der Waals surface area contributed by atoms with Gasteiger partial charge in [0.1, 0.15) is 12.4 Å². The lowest BCUT2D eigenvalue weighted by molar-refractivity contribution is 0.265. The van der Waals surface area contributed by atoms with Crippen LogP contribution in [0.2, 0.25) is 0 Å². The summed E-state index contributed by atoms with van der Waals surface area (Å²) in [5.74, 6) is 0.870. The number of amides is 1. The average Bonchev–Trinajstić information content (AvgIpc) is 3.00. The molecule has 5 heteroatoms.